The molecule has 1 heterocycles. The normalized spacial score (nSPS) is 14.4. The van der Waals surface area contributed by atoms with Crippen molar-refractivity contribution in [2.45, 2.75) is 47.1 Å². The van der Waals surface area contributed by atoms with E-state index in [0.29, 0.717) is 17.4 Å². The summed E-state index contributed by atoms with van der Waals surface area (Å²) in [5.74, 6) is 0.702. The van der Waals surface area contributed by atoms with E-state index in [0.717, 1.165) is 6.54 Å². The molecule has 0 saturated heterocycles. The summed E-state index contributed by atoms with van der Waals surface area (Å²) in [6.45, 7) is 12.6. The van der Waals surface area contributed by atoms with Crippen molar-refractivity contribution in [3.63, 3.8) is 0 Å². The second kappa shape index (κ2) is 5.83. The Labute approximate surface area is 104 Å². The zero-order valence-corrected chi connectivity index (χ0v) is 12.0. The summed E-state index contributed by atoms with van der Waals surface area (Å²) in [6.07, 6.45) is 1.20. The third-order valence-electron chi connectivity index (χ3n) is 3.02. The third kappa shape index (κ3) is 4.67. The Kier molecular flexibility index (Phi) is 5.00. The lowest BCUT2D eigenvalue weighted by Gasteiger charge is -2.31. The molecule has 0 aliphatic carbocycles. The maximum Gasteiger partial charge on any atom is 0.00486 e. The SMILES string of the molecule is CC(C)NCC(Cc1cccs1)C(C)(C)C. The second-order valence-corrected chi connectivity index (χ2v) is 6.94. The number of hydrogen-bond donors (Lipinski definition) is 1. The van der Waals surface area contributed by atoms with Crippen LogP contribution < -0.4 is 5.32 Å². The molecule has 0 aliphatic heterocycles. The van der Waals surface area contributed by atoms with Crippen molar-refractivity contribution in [2.75, 3.05) is 6.54 Å². The van der Waals surface area contributed by atoms with Gasteiger partial charge in [0, 0.05) is 10.9 Å². The molecule has 0 bridgehead atoms. The van der Waals surface area contributed by atoms with E-state index in [1.54, 1.807) is 0 Å². The van der Waals surface area contributed by atoms with E-state index in [1.165, 1.54) is 11.3 Å². The quantitative estimate of drug-likeness (QED) is 0.820. The summed E-state index contributed by atoms with van der Waals surface area (Å²) < 4.78 is 0. The summed E-state index contributed by atoms with van der Waals surface area (Å²) in [5, 5.41) is 5.74. The van der Waals surface area contributed by atoms with Crippen LogP contribution in [0.2, 0.25) is 0 Å². The molecule has 0 spiro atoms. The zero-order valence-electron chi connectivity index (χ0n) is 11.2. The molecule has 0 radical (unpaired) electrons. The summed E-state index contributed by atoms with van der Waals surface area (Å²) in [4.78, 5) is 1.51. The van der Waals surface area contributed by atoms with E-state index in [-0.39, 0.29) is 0 Å². The van der Waals surface area contributed by atoms with Gasteiger partial charge in [0.2, 0.25) is 0 Å². The van der Waals surface area contributed by atoms with Gasteiger partial charge in [-0.25, -0.2) is 0 Å². The fourth-order valence-electron chi connectivity index (χ4n) is 1.73. The Morgan fingerprint density at radius 1 is 1.31 bits per heavy atom. The molecular formula is C14H25NS. The van der Waals surface area contributed by atoms with Crippen molar-refractivity contribution in [1.29, 1.82) is 0 Å². The molecule has 0 fully saturated rings. The predicted molar refractivity (Wildman–Crippen MR) is 74.1 cm³/mol. The van der Waals surface area contributed by atoms with Gasteiger partial charge < -0.3 is 5.32 Å². The highest BCUT2D eigenvalue weighted by Crippen LogP contribution is 2.29. The van der Waals surface area contributed by atoms with Gasteiger partial charge in [-0.1, -0.05) is 40.7 Å². The van der Waals surface area contributed by atoms with Gasteiger partial charge in [0.1, 0.15) is 0 Å². The first-order valence-electron chi connectivity index (χ1n) is 6.15. The largest absolute Gasteiger partial charge is 0.314 e. The Morgan fingerprint density at radius 3 is 2.44 bits per heavy atom. The Bertz CT molecular complexity index is 282. The second-order valence-electron chi connectivity index (χ2n) is 5.91. The maximum absolute atomic E-state index is 3.57. The highest BCUT2D eigenvalue weighted by molar-refractivity contribution is 7.09. The van der Waals surface area contributed by atoms with E-state index in [1.807, 2.05) is 11.3 Å². The van der Waals surface area contributed by atoms with Gasteiger partial charge in [-0.15, -0.1) is 11.3 Å². The molecule has 0 saturated carbocycles. The molecule has 2 heteroatoms. The molecule has 92 valence electrons. The van der Waals surface area contributed by atoms with Crippen LogP contribution in [0.4, 0.5) is 0 Å². The lowest BCUT2D eigenvalue weighted by atomic mass is 9.78. The zero-order chi connectivity index (χ0) is 12.2. The third-order valence-corrected chi connectivity index (χ3v) is 3.92. The average Bonchev–Trinajstić information content (AvgIpc) is 2.62. The molecule has 1 N–H and O–H groups in total. The first kappa shape index (κ1) is 13.7. The average molecular weight is 239 g/mol. The summed E-state index contributed by atoms with van der Waals surface area (Å²) >= 11 is 1.87. The van der Waals surface area contributed by atoms with Crippen LogP contribution in [0.3, 0.4) is 0 Å². The van der Waals surface area contributed by atoms with Crippen molar-refractivity contribution in [3.8, 4) is 0 Å². The van der Waals surface area contributed by atoms with E-state index >= 15 is 0 Å². The first-order chi connectivity index (χ1) is 7.39. The molecule has 1 aromatic heterocycles. The van der Waals surface area contributed by atoms with Crippen LogP contribution in [0, 0.1) is 11.3 Å². The van der Waals surface area contributed by atoms with Crippen LogP contribution in [0.15, 0.2) is 17.5 Å². The maximum atomic E-state index is 3.57. The van der Waals surface area contributed by atoms with Crippen LogP contribution in [-0.4, -0.2) is 12.6 Å². The predicted octanol–water partition coefficient (Wildman–Crippen LogP) is 3.95. The lowest BCUT2D eigenvalue weighted by molar-refractivity contribution is 0.227. The van der Waals surface area contributed by atoms with Gasteiger partial charge >= 0.3 is 0 Å². The van der Waals surface area contributed by atoms with Gasteiger partial charge in [-0.05, 0) is 35.7 Å². The van der Waals surface area contributed by atoms with Crippen molar-refractivity contribution < 1.29 is 0 Å². The monoisotopic (exact) mass is 239 g/mol. The minimum Gasteiger partial charge on any atom is -0.314 e. The standard InChI is InChI=1S/C14H25NS/c1-11(2)15-10-12(14(3,4)5)9-13-7-6-8-16-13/h6-8,11-12,15H,9-10H2,1-5H3. The van der Waals surface area contributed by atoms with E-state index in [4.69, 9.17) is 0 Å². The Morgan fingerprint density at radius 2 is 2.00 bits per heavy atom. The van der Waals surface area contributed by atoms with Crippen LogP contribution in [0.25, 0.3) is 0 Å². The molecule has 1 atom stereocenters. The molecule has 1 unspecified atom stereocenters. The number of rotatable bonds is 5. The van der Waals surface area contributed by atoms with Gasteiger partial charge in [0.15, 0.2) is 0 Å². The summed E-state index contributed by atoms with van der Waals surface area (Å²) in [6, 6.07) is 4.97. The van der Waals surface area contributed by atoms with Crippen molar-refractivity contribution >= 4 is 11.3 Å². The van der Waals surface area contributed by atoms with Crippen molar-refractivity contribution in [3.05, 3.63) is 22.4 Å². The van der Waals surface area contributed by atoms with Gasteiger partial charge in [-0.2, -0.15) is 0 Å². The van der Waals surface area contributed by atoms with E-state index < -0.39 is 0 Å². The van der Waals surface area contributed by atoms with Crippen LogP contribution in [0.1, 0.15) is 39.5 Å². The fourth-order valence-corrected chi connectivity index (χ4v) is 2.52. The number of hydrogen-bond acceptors (Lipinski definition) is 2. The molecule has 0 amide bonds. The first-order valence-corrected chi connectivity index (χ1v) is 7.03. The molecule has 0 aromatic carbocycles. The van der Waals surface area contributed by atoms with E-state index in [2.05, 4.69) is 57.4 Å². The molecule has 0 aliphatic rings. The minimum atomic E-state index is 0.367. The number of nitrogens with one attached hydrogen (secondary N) is 1. The topological polar surface area (TPSA) is 12.0 Å². The Hall–Kier alpha value is -0.340. The van der Waals surface area contributed by atoms with Crippen LogP contribution >= 0.6 is 11.3 Å². The molecule has 1 nitrogen and oxygen atoms in total. The lowest BCUT2D eigenvalue weighted by Crippen LogP contribution is -2.36. The Balaban J connectivity index is 2.58. The minimum absolute atomic E-state index is 0.367. The highest BCUT2D eigenvalue weighted by Gasteiger charge is 2.24. The fraction of sp³-hybridized carbons (Fsp3) is 0.714. The van der Waals surface area contributed by atoms with Crippen LogP contribution in [-0.2, 0) is 6.42 Å². The van der Waals surface area contributed by atoms with Crippen molar-refractivity contribution in [1.82, 2.24) is 5.32 Å². The summed E-state index contributed by atoms with van der Waals surface area (Å²) in [7, 11) is 0. The number of thiophene rings is 1. The molecular weight excluding hydrogens is 214 g/mol. The molecule has 1 aromatic rings. The van der Waals surface area contributed by atoms with Gasteiger partial charge in [0.25, 0.3) is 0 Å². The van der Waals surface area contributed by atoms with Gasteiger partial charge in [-0.3, -0.25) is 0 Å². The van der Waals surface area contributed by atoms with Gasteiger partial charge in [0.05, 0.1) is 0 Å². The molecule has 1 rings (SSSR count). The van der Waals surface area contributed by atoms with Crippen LogP contribution in [0.5, 0.6) is 0 Å². The van der Waals surface area contributed by atoms with Crippen molar-refractivity contribution in [2.24, 2.45) is 11.3 Å². The summed E-state index contributed by atoms with van der Waals surface area (Å²) in [5.41, 5.74) is 0.367. The highest BCUT2D eigenvalue weighted by atomic mass is 32.1. The molecule has 16 heavy (non-hydrogen) atoms. The van der Waals surface area contributed by atoms with E-state index in [9.17, 15) is 0 Å². The smallest absolute Gasteiger partial charge is 0.00486 e.